The second kappa shape index (κ2) is 7.09. The Morgan fingerprint density at radius 1 is 1.26 bits per heavy atom. The average molecular weight is 367 g/mol. The van der Waals surface area contributed by atoms with Crippen LogP contribution in [0.25, 0.3) is 0 Å². The lowest BCUT2D eigenvalue weighted by atomic mass is 9.77. The molecular weight excluding hydrogens is 338 g/mol. The SMILES string of the molecule is Cc1n[nH]c(C)c1CNC(=O)C1CC2(CN(Cc3ccccc3)C2)CN1C. The van der Waals surface area contributed by atoms with Gasteiger partial charge < -0.3 is 5.32 Å². The summed E-state index contributed by atoms with van der Waals surface area (Å²) in [6.45, 7) is 8.67. The number of hydrogen-bond donors (Lipinski definition) is 2. The molecule has 144 valence electrons. The molecule has 2 aliphatic heterocycles. The van der Waals surface area contributed by atoms with E-state index in [2.05, 4.69) is 62.7 Å². The molecule has 27 heavy (non-hydrogen) atoms. The van der Waals surface area contributed by atoms with E-state index in [-0.39, 0.29) is 17.4 Å². The van der Waals surface area contributed by atoms with E-state index < -0.39 is 0 Å². The first-order chi connectivity index (χ1) is 13.0. The van der Waals surface area contributed by atoms with Crippen molar-refractivity contribution >= 4 is 5.91 Å². The number of aryl methyl sites for hydroxylation is 2. The molecule has 2 aromatic rings. The van der Waals surface area contributed by atoms with Crippen LogP contribution in [0.3, 0.4) is 0 Å². The smallest absolute Gasteiger partial charge is 0.237 e. The number of nitrogens with one attached hydrogen (secondary N) is 2. The highest BCUT2D eigenvalue weighted by Gasteiger charge is 2.51. The Balaban J connectivity index is 1.30. The van der Waals surface area contributed by atoms with Gasteiger partial charge in [-0.3, -0.25) is 19.7 Å². The summed E-state index contributed by atoms with van der Waals surface area (Å²) < 4.78 is 0. The zero-order valence-electron chi connectivity index (χ0n) is 16.5. The Morgan fingerprint density at radius 3 is 2.67 bits per heavy atom. The normalized spacial score (nSPS) is 22.1. The summed E-state index contributed by atoms with van der Waals surface area (Å²) in [6.07, 6.45) is 0.948. The lowest BCUT2D eigenvalue weighted by molar-refractivity contribution is -0.125. The topological polar surface area (TPSA) is 64.3 Å². The minimum absolute atomic E-state index is 0.0311. The molecule has 1 spiro atoms. The Labute approximate surface area is 160 Å². The summed E-state index contributed by atoms with van der Waals surface area (Å²) in [7, 11) is 2.08. The number of nitrogens with zero attached hydrogens (tertiary/aromatic N) is 3. The third-order valence-electron chi connectivity index (χ3n) is 6.13. The Hall–Kier alpha value is -2.18. The highest BCUT2D eigenvalue weighted by atomic mass is 16.2. The number of amides is 1. The van der Waals surface area contributed by atoms with Crippen molar-refractivity contribution in [3.05, 3.63) is 52.8 Å². The number of H-pyrrole nitrogens is 1. The van der Waals surface area contributed by atoms with Crippen LogP contribution in [0.2, 0.25) is 0 Å². The molecule has 4 rings (SSSR count). The van der Waals surface area contributed by atoms with Gasteiger partial charge in [-0.1, -0.05) is 30.3 Å². The number of likely N-dealkylation sites (N-methyl/N-ethyl adjacent to an activating group) is 1. The van der Waals surface area contributed by atoms with Crippen LogP contribution in [-0.2, 0) is 17.9 Å². The molecular formula is C21H29N5O. The molecule has 0 saturated carbocycles. The van der Waals surface area contributed by atoms with E-state index in [1.807, 2.05) is 13.8 Å². The molecule has 2 N–H and O–H groups in total. The molecule has 6 heteroatoms. The lowest BCUT2D eigenvalue weighted by Crippen LogP contribution is -2.56. The van der Waals surface area contributed by atoms with Gasteiger partial charge in [-0.15, -0.1) is 0 Å². The zero-order valence-corrected chi connectivity index (χ0v) is 16.5. The molecule has 1 aromatic carbocycles. The first-order valence-corrected chi connectivity index (χ1v) is 9.70. The molecule has 6 nitrogen and oxygen atoms in total. The average Bonchev–Trinajstić information content (AvgIpc) is 3.13. The van der Waals surface area contributed by atoms with Gasteiger partial charge in [-0.2, -0.15) is 5.10 Å². The molecule has 1 amide bonds. The van der Waals surface area contributed by atoms with Crippen molar-refractivity contribution < 1.29 is 4.79 Å². The Bertz CT molecular complexity index is 790. The van der Waals surface area contributed by atoms with Gasteiger partial charge in [-0.25, -0.2) is 0 Å². The van der Waals surface area contributed by atoms with Crippen molar-refractivity contribution in [1.82, 2.24) is 25.3 Å². The highest BCUT2D eigenvalue weighted by Crippen LogP contribution is 2.42. The van der Waals surface area contributed by atoms with E-state index in [1.165, 1.54) is 5.56 Å². The molecule has 2 fully saturated rings. The first kappa shape index (κ1) is 18.2. The molecule has 0 radical (unpaired) electrons. The third kappa shape index (κ3) is 3.64. The van der Waals surface area contributed by atoms with Crippen LogP contribution < -0.4 is 5.32 Å². The van der Waals surface area contributed by atoms with Crippen LogP contribution in [0, 0.1) is 19.3 Å². The molecule has 1 atom stereocenters. The number of carbonyl (C=O) groups excluding carboxylic acids is 1. The van der Waals surface area contributed by atoms with E-state index in [4.69, 9.17) is 0 Å². The van der Waals surface area contributed by atoms with Gasteiger partial charge in [0.1, 0.15) is 0 Å². The molecule has 2 saturated heterocycles. The van der Waals surface area contributed by atoms with Gasteiger partial charge in [0.15, 0.2) is 0 Å². The number of rotatable bonds is 5. The quantitative estimate of drug-likeness (QED) is 0.847. The van der Waals surface area contributed by atoms with E-state index in [1.54, 1.807) is 0 Å². The van der Waals surface area contributed by atoms with Gasteiger partial charge in [-0.05, 0) is 32.9 Å². The standard InChI is InChI=1S/C21H29N5O/c1-15-18(16(2)24-23-15)10-22-20(27)19-9-21(12-25(19)3)13-26(14-21)11-17-7-5-4-6-8-17/h4-8,19H,9-14H2,1-3H3,(H,22,27)(H,23,24). The minimum Gasteiger partial charge on any atom is -0.351 e. The second-order valence-corrected chi connectivity index (χ2v) is 8.40. The number of aromatic nitrogens is 2. The van der Waals surface area contributed by atoms with Crippen molar-refractivity contribution in [1.29, 1.82) is 0 Å². The number of hydrogen-bond acceptors (Lipinski definition) is 4. The lowest BCUT2D eigenvalue weighted by Gasteiger charge is -2.48. The van der Waals surface area contributed by atoms with Crippen LogP contribution in [0.15, 0.2) is 30.3 Å². The van der Waals surface area contributed by atoms with Gasteiger partial charge in [0.05, 0.1) is 11.7 Å². The summed E-state index contributed by atoms with van der Waals surface area (Å²) in [6, 6.07) is 10.6. The fourth-order valence-corrected chi connectivity index (χ4v) is 4.78. The predicted octanol–water partition coefficient (Wildman–Crippen LogP) is 1.85. The summed E-state index contributed by atoms with van der Waals surface area (Å²) >= 11 is 0. The maximum Gasteiger partial charge on any atom is 0.237 e. The maximum atomic E-state index is 12.8. The molecule has 1 aromatic heterocycles. The van der Waals surface area contributed by atoms with E-state index >= 15 is 0 Å². The van der Waals surface area contributed by atoms with Gasteiger partial charge in [0, 0.05) is 49.4 Å². The largest absolute Gasteiger partial charge is 0.351 e. The van der Waals surface area contributed by atoms with E-state index in [0.717, 1.165) is 49.6 Å². The first-order valence-electron chi connectivity index (χ1n) is 9.70. The molecule has 1 unspecified atom stereocenters. The monoisotopic (exact) mass is 367 g/mol. The Kier molecular flexibility index (Phi) is 4.78. The van der Waals surface area contributed by atoms with Crippen molar-refractivity contribution in [2.45, 2.75) is 39.4 Å². The van der Waals surface area contributed by atoms with E-state index in [0.29, 0.717) is 6.54 Å². The number of likely N-dealkylation sites (tertiary alicyclic amines) is 2. The molecule has 2 aliphatic rings. The van der Waals surface area contributed by atoms with Crippen LogP contribution in [0.5, 0.6) is 0 Å². The second-order valence-electron chi connectivity index (χ2n) is 8.40. The fraction of sp³-hybridized carbons (Fsp3) is 0.524. The van der Waals surface area contributed by atoms with E-state index in [9.17, 15) is 4.79 Å². The third-order valence-corrected chi connectivity index (χ3v) is 6.13. The summed E-state index contributed by atoms with van der Waals surface area (Å²) in [5.41, 5.74) is 4.71. The summed E-state index contributed by atoms with van der Waals surface area (Å²) in [5.74, 6) is 0.135. The van der Waals surface area contributed by atoms with Crippen LogP contribution in [-0.4, -0.2) is 58.6 Å². The molecule has 0 aliphatic carbocycles. The zero-order chi connectivity index (χ0) is 19.0. The number of carbonyl (C=O) groups is 1. The summed E-state index contributed by atoms with van der Waals surface area (Å²) in [5, 5.41) is 10.3. The Morgan fingerprint density at radius 2 is 2.00 bits per heavy atom. The van der Waals surface area contributed by atoms with Gasteiger partial charge in [0.25, 0.3) is 0 Å². The van der Waals surface area contributed by atoms with Crippen molar-refractivity contribution in [2.24, 2.45) is 5.41 Å². The maximum absolute atomic E-state index is 12.8. The molecule has 0 bridgehead atoms. The molecule has 3 heterocycles. The van der Waals surface area contributed by atoms with Crippen LogP contribution in [0.1, 0.15) is 28.9 Å². The summed E-state index contributed by atoms with van der Waals surface area (Å²) in [4.78, 5) is 17.5. The minimum atomic E-state index is -0.0311. The van der Waals surface area contributed by atoms with Crippen molar-refractivity contribution in [3.63, 3.8) is 0 Å². The highest BCUT2D eigenvalue weighted by molar-refractivity contribution is 5.82. The number of benzene rings is 1. The fourth-order valence-electron chi connectivity index (χ4n) is 4.78. The van der Waals surface area contributed by atoms with Gasteiger partial charge >= 0.3 is 0 Å². The predicted molar refractivity (Wildman–Crippen MR) is 105 cm³/mol. The van der Waals surface area contributed by atoms with Crippen molar-refractivity contribution in [2.75, 3.05) is 26.7 Å². The van der Waals surface area contributed by atoms with Crippen molar-refractivity contribution in [3.8, 4) is 0 Å². The number of aromatic amines is 1. The van der Waals surface area contributed by atoms with Crippen LogP contribution >= 0.6 is 0 Å². The van der Waals surface area contributed by atoms with Crippen LogP contribution in [0.4, 0.5) is 0 Å². The van der Waals surface area contributed by atoms with Gasteiger partial charge in [0.2, 0.25) is 5.91 Å².